The maximum atomic E-state index is 12.4. The molecule has 3 aromatic rings. The number of H-pyrrole nitrogens is 1. The van der Waals surface area contributed by atoms with Crippen LogP contribution in [-0.2, 0) is 11.2 Å². The highest BCUT2D eigenvalue weighted by atomic mass is 16.6. The molecule has 2 atom stereocenters. The van der Waals surface area contributed by atoms with Crippen LogP contribution in [0.5, 0.6) is 5.75 Å². The highest BCUT2D eigenvalue weighted by molar-refractivity contribution is 5.86. The first-order chi connectivity index (χ1) is 12.5. The number of nitrogens with zero attached hydrogens (tertiary/aromatic N) is 1. The van der Waals surface area contributed by atoms with E-state index < -0.39 is 23.0 Å². The number of non-ortho nitro benzene ring substituents is 1. The lowest BCUT2D eigenvalue weighted by molar-refractivity contribution is -0.717. The molecule has 26 heavy (non-hydrogen) atoms. The number of nitrogens with one attached hydrogen (secondary N) is 1. The fraction of sp³-hybridized carbons (Fsp3) is 0.167. The van der Waals surface area contributed by atoms with E-state index >= 15 is 0 Å². The zero-order chi connectivity index (χ0) is 18.4. The predicted molar refractivity (Wildman–Crippen MR) is 87.1 cm³/mol. The van der Waals surface area contributed by atoms with Crippen molar-refractivity contribution in [2.24, 2.45) is 0 Å². The summed E-state index contributed by atoms with van der Waals surface area (Å²) < 4.78 is 0. The van der Waals surface area contributed by atoms with Gasteiger partial charge in [0.2, 0.25) is 0 Å². The summed E-state index contributed by atoms with van der Waals surface area (Å²) in [7, 11) is 0. The molecule has 0 saturated heterocycles. The van der Waals surface area contributed by atoms with Gasteiger partial charge in [0.15, 0.2) is 6.04 Å². The van der Waals surface area contributed by atoms with Crippen LogP contribution in [0.25, 0.3) is 10.9 Å². The highest BCUT2D eigenvalue weighted by Crippen LogP contribution is 2.35. The smallest absolute Gasteiger partial charge is 0.269 e. The Labute approximate surface area is 147 Å². The maximum Gasteiger partial charge on any atom is 0.269 e. The van der Waals surface area contributed by atoms with Gasteiger partial charge in [-0.15, -0.1) is 0 Å². The Hall–Kier alpha value is -3.39. The molecule has 2 aromatic carbocycles. The first-order valence-corrected chi connectivity index (χ1v) is 8.06. The lowest BCUT2D eigenvalue weighted by Crippen LogP contribution is -2.95. The monoisotopic (exact) mass is 352 g/mol. The summed E-state index contributed by atoms with van der Waals surface area (Å²) in [5, 5.41) is 37.4. The van der Waals surface area contributed by atoms with Gasteiger partial charge in [0, 0.05) is 35.0 Å². The van der Waals surface area contributed by atoms with Crippen LogP contribution in [0.15, 0.2) is 42.5 Å². The molecule has 0 fully saturated rings. The van der Waals surface area contributed by atoms with Gasteiger partial charge in [-0.2, -0.15) is 0 Å². The summed E-state index contributed by atoms with van der Waals surface area (Å²) in [5.41, 5.74) is 2.29. The third-order valence-electron chi connectivity index (χ3n) is 4.85. The summed E-state index contributed by atoms with van der Waals surface area (Å²) in [6.07, 6.45) is 0.251. The Bertz CT molecular complexity index is 1040. The summed E-state index contributed by atoms with van der Waals surface area (Å²) in [5.74, 6) is -1.61. The second-order valence-corrected chi connectivity index (χ2v) is 6.34. The molecule has 1 aliphatic rings. The third-order valence-corrected chi connectivity index (χ3v) is 4.85. The molecule has 2 heterocycles. The topological polar surface area (TPSA) is 139 Å². The second-order valence-electron chi connectivity index (χ2n) is 6.34. The summed E-state index contributed by atoms with van der Waals surface area (Å²) >= 11 is 0. The molecule has 0 aliphatic carbocycles. The van der Waals surface area contributed by atoms with Gasteiger partial charge >= 0.3 is 0 Å². The van der Waals surface area contributed by atoms with E-state index in [1.165, 1.54) is 11.4 Å². The number of nitro benzene ring substituents is 1. The number of nitrogens with two attached hydrogens (primary N) is 1. The van der Waals surface area contributed by atoms with Crippen LogP contribution < -0.4 is 15.5 Å². The number of quaternary nitrogens is 1. The first kappa shape index (κ1) is 16.1. The van der Waals surface area contributed by atoms with Gasteiger partial charge in [-0.25, -0.2) is 0 Å². The number of rotatable bonds is 3. The van der Waals surface area contributed by atoms with E-state index in [9.17, 15) is 25.1 Å². The van der Waals surface area contributed by atoms with E-state index in [1.807, 2.05) is 24.3 Å². The molecule has 8 nitrogen and oxygen atoms in total. The van der Waals surface area contributed by atoms with Gasteiger partial charge in [-0.1, -0.05) is 30.0 Å². The van der Waals surface area contributed by atoms with Crippen molar-refractivity contribution in [1.82, 2.24) is 4.98 Å². The normalized spacial score (nSPS) is 19.2. The van der Waals surface area contributed by atoms with Crippen LogP contribution in [0, 0.1) is 10.1 Å². The third kappa shape index (κ3) is 2.47. The molecular formula is C18H14N3O5-. The molecule has 0 bridgehead atoms. The Morgan fingerprint density at radius 2 is 2.00 bits per heavy atom. The van der Waals surface area contributed by atoms with Crippen LogP contribution in [0.2, 0.25) is 0 Å². The molecule has 0 radical (unpaired) electrons. The van der Waals surface area contributed by atoms with Gasteiger partial charge in [-0.05, 0) is 11.6 Å². The van der Waals surface area contributed by atoms with E-state index in [-0.39, 0.29) is 23.4 Å². The van der Waals surface area contributed by atoms with Gasteiger partial charge in [0.25, 0.3) is 5.69 Å². The van der Waals surface area contributed by atoms with Crippen LogP contribution in [0.3, 0.4) is 0 Å². The number of hydrogen-bond acceptors (Lipinski definition) is 5. The molecule has 0 amide bonds. The van der Waals surface area contributed by atoms with Gasteiger partial charge in [0.05, 0.1) is 16.6 Å². The molecule has 0 unspecified atom stereocenters. The molecule has 1 aromatic heterocycles. The molecule has 0 spiro atoms. The minimum Gasteiger partial charge on any atom is -0.872 e. The lowest BCUT2D eigenvalue weighted by Gasteiger charge is -2.30. The quantitative estimate of drug-likeness (QED) is 0.482. The number of aromatic amines is 1. The SMILES string of the molecule is O=C([O-])[C@H]1Cc2c([nH]c3ccccc23)[C@@H](c2cc([N+](=O)[O-])ccc2[O-])[NH2+]1. The average molecular weight is 352 g/mol. The minimum atomic E-state index is -1.23. The number of fused-ring (bicyclic) bond motifs is 3. The van der Waals surface area contributed by atoms with Crippen molar-refractivity contribution in [3.63, 3.8) is 0 Å². The number of carbonyl (C=O) groups is 1. The predicted octanol–water partition coefficient (Wildman–Crippen LogP) is -0.523. The zero-order valence-electron chi connectivity index (χ0n) is 13.5. The van der Waals surface area contributed by atoms with Crippen molar-refractivity contribution < 1.29 is 25.2 Å². The molecule has 4 rings (SSSR count). The van der Waals surface area contributed by atoms with Crippen molar-refractivity contribution in [1.29, 1.82) is 0 Å². The van der Waals surface area contributed by atoms with E-state index in [1.54, 1.807) is 0 Å². The molecule has 132 valence electrons. The van der Waals surface area contributed by atoms with E-state index in [4.69, 9.17) is 0 Å². The van der Waals surface area contributed by atoms with Crippen LogP contribution in [-0.4, -0.2) is 21.9 Å². The highest BCUT2D eigenvalue weighted by Gasteiger charge is 2.35. The fourth-order valence-electron chi connectivity index (χ4n) is 3.64. The number of para-hydroxylation sites is 1. The van der Waals surface area contributed by atoms with Crippen LogP contribution in [0.4, 0.5) is 5.69 Å². The molecule has 8 heteroatoms. The Morgan fingerprint density at radius 3 is 2.73 bits per heavy atom. The number of aliphatic carboxylic acids is 1. The number of benzene rings is 2. The van der Waals surface area contributed by atoms with E-state index in [2.05, 4.69) is 4.98 Å². The largest absolute Gasteiger partial charge is 0.872 e. The first-order valence-electron chi connectivity index (χ1n) is 8.06. The Balaban J connectivity index is 1.93. The van der Waals surface area contributed by atoms with Gasteiger partial charge < -0.3 is 25.3 Å². The number of carbonyl (C=O) groups excluding carboxylic acids is 1. The summed E-state index contributed by atoms with van der Waals surface area (Å²) in [6.45, 7) is 0. The molecular weight excluding hydrogens is 338 g/mol. The second kappa shape index (κ2) is 5.85. The van der Waals surface area contributed by atoms with E-state index in [0.29, 0.717) is 5.69 Å². The number of carboxylic acid groups (broad SMARTS) is 1. The lowest BCUT2D eigenvalue weighted by atomic mass is 9.90. The number of carboxylic acids is 1. The fourth-order valence-corrected chi connectivity index (χ4v) is 3.64. The number of nitro groups is 1. The molecule has 3 N–H and O–H groups in total. The van der Waals surface area contributed by atoms with E-state index in [0.717, 1.165) is 28.6 Å². The molecule has 1 aliphatic heterocycles. The van der Waals surface area contributed by atoms with Crippen molar-refractivity contribution in [2.75, 3.05) is 0 Å². The number of hydrogen-bond donors (Lipinski definition) is 2. The van der Waals surface area contributed by atoms with Crippen molar-refractivity contribution in [3.05, 3.63) is 69.4 Å². The summed E-state index contributed by atoms with van der Waals surface area (Å²) in [6, 6.07) is 9.40. The van der Waals surface area contributed by atoms with Crippen molar-refractivity contribution in [2.45, 2.75) is 18.5 Å². The van der Waals surface area contributed by atoms with Crippen molar-refractivity contribution in [3.8, 4) is 5.75 Å². The Morgan fingerprint density at radius 1 is 1.23 bits per heavy atom. The van der Waals surface area contributed by atoms with Crippen LogP contribution >= 0.6 is 0 Å². The maximum absolute atomic E-state index is 12.4. The summed E-state index contributed by atoms with van der Waals surface area (Å²) in [4.78, 5) is 25.3. The van der Waals surface area contributed by atoms with Gasteiger partial charge in [0.1, 0.15) is 6.04 Å². The zero-order valence-corrected chi connectivity index (χ0v) is 13.5. The molecule has 0 saturated carbocycles. The number of aromatic nitrogens is 1. The van der Waals surface area contributed by atoms with Crippen molar-refractivity contribution >= 4 is 22.6 Å². The Kier molecular flexibility index (Phi) is 3.62. The minimum absolute atomic E-state index is 0.179. The van der Waals surface area contributed by atoms with Crippen LogP contribution in [0.1, 0.15) is 22.9 Å². The van der Waals surface area contributed by atoms with Gasteiger partial charge in [-0.3, -0.25) is 10.1 Å². The average Bonchev–Trinajstić information content (AvgIpc) is 3.00. The standard InChI is InChI=1S/C18H15N3O5/c22-15-6-5-9(21(25)26)7-12(15)17-16-11(8-14(20-17)18(23)24)10-3-1-2-4-13(10)19-16/h1-7,14,17,19-20,22H,8H2,(H,23,24)/p-1/t14-,17-/m1/s1.